The van der Waals surface area contributed by atoms with Gasteiger partial charge in [-0.3, -0.25) is 9.59 Å². The Morgan fingerprint density at radius 2 is 1.83 bits per heavy atom. The Balaban J connectivity index is 1.68. The molecule has 2 amide bonds. The number of nitrogens with one attached hydrogen (secondary N) is 2. The molecule has 2 N–H and O–H groups in total. The maximum Gasteiger partial charge on any atom is 0.243 e. The molecule has 0 saturated heterocycles. The molecular formula is C18H19BrN2O3. The summed E-state index contributed by atoms with van der Waals surface area (Å²) in [4.78, 5) is 23.6. The zero-order valence-corrected chi connectivity index (χ0v) is 14.9. The summed E-state index contributed by atoms with van der Waals surface area (Å²) in [6, 6.07) is 14.9. The number of hydrogen-bond donors (Lipinski definition) is 2. The molecule has 2 aromatic rings. The summed E-state index contributed by atoms with van der Waals surface area (Å²) in [6.45, 7) is 2.15. The molecule has 0 aliphatic heterocycles. The van der Waals surface area contributed by atoms with Crippen LogP contribution in [0.15, 0.2) is 53.0 Å². The summed E-state index contributed by atoms with van der Waals surface area (Å²) < 4.78 is 6.24. The van der Waals surface area contributed by atoms with Crippen molar-refractivity contribution in [1.82, 2.24) is 5.32 Å². The molecule has 24 heavy (non-hydrogen) atoms. The monoisotopic (exact) mass is 390 g/mol. The quantitative estimate of drug-likeness (QED) is 0.761. The van der Waals surface area contributed by atoms with Crippen molar-refractivity contribution in [2.24, 2.45) is 0 Å². The second-order valence-electron chi connectivity index (χ2n) is 5.22. The third kappa shape index (κ3) is 6.04. The molecule has 0 aliphatic rings. The van der Waals surface area contributed by atoms with Crippen molar-refractivity contribution in [2.45, 2.75) is 13.3 Å². The van der Waals surface area contributed by atoms with E-state index in [9.17, 15) is 9.59 Å². The van der Waals surface area contributed by atoms with Crippen molar-refractivity contribution in [3.05, 3.63) is 58.6 Å². The molecule has 0 aliphatic carbocycles. The average molecular weight is 391 g/mol. The maximum absolute atomic E-state index is 11.9. The number of carbonyl (C=O) groups excluding carboxylic acids is 2. The van der Waals surface area contributed by atoms with Gasteiger partial charge in [0.25, 0.3) is 0 Å². The number of para-hydroxylation sites is 1. The van der Waals surface area contributed by atoms with Crippen LogP contribution in [0.1, 0.15) is 12.0 Å². The molecule has 0 bridgehead atoms. The van der Waals surface area contributed by atoms with Gasteiger partial charge in [-0.2, -0.15) is 0 Å². The number of ether oxygens (including phenoxy) is 1. The predicted molar refractivity (Wildman–Crippen MR) is 97.1 cm³/mol. The number of hydrogen-bond acceptors (Lipinski definition) is 3. The number of rotatable bonds is 7. The highest BCUT2D eigenvalue weighted by Crippen LogP contribution is 2.23. The van der Waals surface area contributed by atoms with Crippen molar-refractivity contribution in [3.8, 4) is 5.75 Å². The van der Waals surface area contributed by atoms with Crippen LogP contribution in [-0.2, 0) is 9.59 Å². The molecule has 126 valence electrons. The molecule has 6 heteroatoms. The number of carbonyl (C=O) groups is 2. The highest BCUT2D eigenvalue weighted by atomic mass is 79.9. The van der Waals surface area contributed by atoms with E-state index < -0.39 is 0 Å². The Morgan fingerprint density at radius 3 is 2.54 bits per heavy atom. The topological polar surface area (TPSA) is 67.4 Å². The van der Waals surface area contributed by atoms with Crippen LogP contribution in [0, 0.1) is 6.92 Å². The summed E-state index contributed by atoms with van der Waals surface area (Å²) in [5.41, 5.74) is 1.76. The van der Waals surface area contributed by atoms with Crippen LogP contribution in [0.4, 0.5) is 5.69 Å². The van der Waals surface area contributed by atoms with Crippen LogP contribution >= 0.6 is 15.9 Å². The highest BCUT2D eigenvalue weighted by Gasteiger charge is 2.08. The van der Waals surface area contributed by atoms with Gasteiger partial charge in [0.2, 0.25) is 11.8 Å². The van der Waals surface area contributed by atoms with Crippen LogP contribution in [0.5, 0.6) is 5.75 Å². The number of aryl methyl sites for hydroxylation is 1. The molecule has 0 aromatic heterocycles. The Kier molecular flexibility index (Phi) is 6.81. The summed E-state index contributed by atoms with van der Waals surface area (Å²) in [7, 11) is 0. The van der Waals surface area contributed by atoms with E-state index in [1.165, 1.54) is 0 Å². The molecule has 0 atom stereocenters. The van der Waals surface area contributed by atoms with E-state index in [2.05, 4.69) is 26.6 Å². The predicted octanol–water partition coefficient (Wildman–Crippen LogP) is 3.28. The first-order valence-electron chi connectivity index (χ1n) is 7.55. The van der Waals surface area contributed by atoms with Crippen LogP contribution in [-0.4, -0.2) is 25.0 Å². The summed E-state index contributed by atoms with van der Waals surface area (Å²) in [5, 5.41) is 5.32. The maximum atomic E-state index is 11.9. The molecule has 0 unspecified atom stereocenters. The lowest BCUT2D eigenvalue weighted by molar-refractivity contribution is -0.124. The highest BCUT2D eigenvalue weighted by molar-refractivity contribution is 9.10. The molecular weight excluding hydrogens is 372 g/mol. The van der Waals surface area contributed by atoms with E-state index in [0.29, 0.717) is 11.4 Å². The van der Waals surface area contributed by atoms with Gasteiger partial charge in [-0.1, -0.05) is 24.3 Å². The Bertz CT molecular complexity index is 705. The minimum Gasteiger partial charge on any atom is -0.493 e. The Labute approximate surface area is 149 Å². The van der Waals surface area contributed by atoms with Gasteiger partial charge >= 0.3 is 0 Å². The van der Waals surface area contributed by atoms with Crippen LogP contribution in [0.2, 0.25) is 0 Å². The van der Waals surface area contributed by atoms with E-state index in [-0.39, 0.29) is 31.4 Å². The van der Waals surface area contributed by atoms with Crippen molar-refractivity contribution in [1.29, 1.82) is 0 Å². The molecule has 0 spiro atoms. The van der Waals surface area contributed by atoms with Crippen LogP contribution < -0.4 is 15.4 Å². The lowest BCUT2D eigenvalue weighted by atomic mass is 10.2. The summed E-state index contributed by atoms with van der Waals surface area (Å²) in [5.74, 6) is 0.202. The van der Waals surface area contributed by atoms with E-state index >= 15 is 0 Å². The van der Waals surface area contributed by atoms with E-state index in [1.807, 2.05) is 55.5 Å². The van der Waals surface area contributed by atoms with E-state index in [1.54, 1.807) is 0 Å². The Morgan fingerprint density at radius 1 is 1.08 bits per heavy atom. The molecule has 5 nitrogen and oxygen atoms in total. The zero-order chi connectivity index (χ0) is 17.4. The van der Waals surface area contributed by atoms with E-state index in [0.717, 1.165) is 10.0 Å². The van der Waals surface area contributed by atoms with Crippen molar-refractivity contribution >= 4 is 33.4 Å². The van der Waals surface area contributed by atoms with Gasteiger partial charge in [0.1, 0.15) is 5.75 Å². The smallest absolute Gasteiger partial charge is 0.243 e. The standard InChI is InChI=1S/C18H19BrN2O3/c1-13-7-8-16(15(19)11-13)21-18(23)12-20-17(22)9-10-24-14-5-3-2-4-6-14/h2-8,11H,9-10,12H2,1H3,(H,20,22)(H,21,23). The fraction of sp³-hybridized carbons (Fsp3) is 0.222. The van der Waals surface area contributed by atoms with Crippen molar-refractivity contribution in [3.63, 3.8) is 0 Å². The lowest BCUT2D eigenvalue weighted by Gasteiger charge is -2.09. The van der Waals surface area contributed by atoms with Gasteiger partial charge in [0.05, 0.1) is 25.3 Å². The first-order chi connectivity index (χ1) is 11.5. The van der Waals surface area contributed by atoms with Crippen molar-refractivity contribution < 1.29 is 14.3 Å². The Hall–Kier alpha value is -2.34. The minimum absolute atomic E-state index is 0.0789. The van der Waals surface area contributed by atoms with Crippen molar-refractivity contribution in [2.75, 3.05) is 18.5 Å². The number of amides is 2. The SMILES string of the molecule is Cc1ccc(NC(=O)CNC(=O)CCOc2ccccc2)c(Br)c1. The van der Waals surface area contributed by atoms with Gasteiger partial charge in [-0.05, 0) is 52.7 Å². The van der Waals surface area contributed by atoms with Gasteiger partial charge in [-0.25, -0.2) is 0 Å². The third-order valence-corrected chi connectivity index (χ3v) is 3.84. The van der Waals surface area contributed by atoms with E-state index in [4.69, 9.17) is 4.74 Å². The summed E-state index contributed by atoms with van der Waals surface area (Å²) >= 11 is 3.39. The first-order valence-corrected chi connectivity index (χ1v) is 8.34. The zero-order valence-electron chi connectivity index (χ0n) is 13.3. The largest absolute Gasteiger partial charge is 0.493 e. The van der Waals surface area contributed by atoms with Crippen LogP contribution in [0.3, 0.4) is 0 Å². The molecule has 0 radical (unpaired) electrons. The third-order valence-electron chi connectivity index (χ3n) is 3.19. The van der Waals surface area contributed by atoms with Gasteiger partial charge < -0.3 is 15.4 Å². The number of halogens is 1. The van der Waals surface area contributed by atoms with Gasteiger partial charge in [0, 0.05) is 4.47 Å². The first kappa shape index (κ1) is 18.0. The molecule has 0 heterocycles. The molecule has 0 fully saturated rings. The normalized spacial score (nSPS) is 10.1. The summed E-state index contributed by atoms with van der Waals surface area (Å²) in [6.07, 6.45) is 0.191. The number of benzene rings is 2. The molecule has 2 aromatic carbocycles. The lowest BCUT2D eigenvalue weighted by Crippen LogP contribution is -2.33. The number of anilines is 1. The minimum atomic E-state index is -0.281. The molecule has 0 saturated carbocycles. The van der Waals surface area contributed by atoms with Gasteiger partial charge in [-0.15, -0.1) is 0 Å². The molecule has 2 rings (SSSR count). The fourth-order valence-electron chi connectivity index (χ4n) is 1.96. The fourth-order valence-corrected chi connectivity index (χ4v) is 2.55. The van der Waals surface area contributed by atoms with Gasteiger partial charge in [0.15, 0.2) is 0 Å². The second-order valence-corrected chi connectivity index (χ2v) is 6.07. The second kappa shape index (κ2) is 9.08. The average Bonchev–Trinajstić information content (AvgIpc) is 2.56. The van der Waals surface area contributed by atoms with Crippen LogP contribution in [0.25, 0.3) is 0 Å².